The largest absolute Gasteiger partial charge is 0.497 e. The van der Waals surface area contributed by atoms with Crippen LogP contribution in [0.4, 0.5) is 5.13 Å². The van der Waals surface area contributed by atoms with E-state index in [4.69, 9.17) is 13.9 Å². The SMILES string of the molecule is COc1ccc2sc(N(Cc3ccco3)C(=O)c3ccccc3OC)nc2c1. The van der Waals surface area contributed by atoms with E-state index in [9.17, 15) is 4.79 Å². The van der Waals surface area contributed by atoms with E-state index in [1.807, 2.05) is 36.4 Å². The predicted octanol–water partition coefficient (Wildman–Crippen LogP) is 4.75. The molecule has 0 radical (unpaired) electrons. The minimum atomic E-state index is -0.208. The Labute approximate surface area is 165 Å². The zero-order valence-electron chi connectivity index (χ0n) is 15.4. The van der Waals surface area contributed by atoms with Crippen molar-refractivity contribution in [2.75, 3.05) is 19.1 Å². The first-order valence-electron chi connectivity index (χ1n) is 8.61. The number of benzene rings is 2. The van der Waals surface area contributed by atoms with Gasteiger partial charge in [-0.15, -0.1) is 0 Å². The molecule has 0 saturated carbocycles. The summed E-state index contributed by atoms with van der Waals surface area (Å²) < 4.78 is 17.1. The van der Waals surface area contributed by atoms with Crippen LogP contribution in [0.15, 0.2) is 65.3 Å². The van der Waals surface area contributed by atoms with E-state index in [-0.39, 0.29) is 12.5 Å². The molecule has 7 heteroatoms. The number of para-hydroxylation sites is 1. The number of methoxy groups -OCH3 is 2. The van der Waals surface area contributed by atoms with Gasteiger partial charge in [0.1, 0.15) is 17.3 Å². The highest BCUT2D eigenvalue weighted by Crippen LogP contribution is 2.33. The Morgan fingerprint density at radius 3 is 2.71 bits per heavy atom. The molecule has 0 spiro atoms. The third kappa shape index (κ3) is 3.44. The average molecular weight is 394 g/mol. The number of fused-ring (bicyclic) bond motifs is 1. The maximum Gasteiger partial charge on any atom is 0.264 e. The highest BCUT2D eigenvalue weighted by molar-refractivity contribution is 7.22. The summed E-state index contributed by atoms with van der Waals surface area (Å²) in [4.78, 5) is 19.7. The number of carbonyl (C=O) groups excluding carboxylic acids is 1. The summed E-state index contributed by atoms with van der Waals surface area (Å²) in [5, 5.41) is 0.579. The number of carbonyl (C=O) groups is 1. The lowest BCUT2D eigenvalue weighted by molar-refractivity contribution is 0.0980. The van der Waals surface area contributed by atoms with E-state index in [2.05, 4.69) is 4.98 Å². The first-order chi connectivity index (χ1) is 13.7. The Morgan fingerprint density at radius 1 is 1.11 bits per heavy atom. The van der Waals surface area contributed by atoms with Crippen molar-refractivity contribution in [1.82, 2.24) is 4.98 Å². The molecule has 0 fully saturated rings. The summed E-state index contributed by atoms with van der Waals surface area (Å²) in [7, 11) is 3.16. The number of hydrogen-bond acceptors (Lipinski definition) is 6. The second-order valence-corrected chi connectivity index (χ2v) is 7.01. The Kier molecular flexibility index (Phi) is 4.99. The molecule has 0 aliphatic heterocycles. The van der Waals surface area contributed by atoms with Crippen LogP contribution in [0.3, 0.4) is 0 Å². The van der Waals surface area contributed by atoms with E-state index in [0.29, 0.717) is 22.2 Å². The van der Waals surface area contributed by atoms with Gasteiger partial charge in [-0.25, -0.2) is 4.98 Å². The maximum absolute atomic E-state index is 13.4. The van der Waals surface area contributed by atoms with E-state index in [1.165, 1.54) is 11.3 Å². The summed E-state index contributed by atoms with van der Waals surface area (Å²) in [6.07, 6.45) is 1.59. The fourth-order valence-electron chi connectivity index (χ4n) is 2.89. The monoisotopic (exact) mass is 394 g/mol. The molecule has 0 aliphatic carbocycles. The molecular formula is C21H18N2O4S. The molecule has 2 aromatic heterocycles. The summed E-state index contributed by atoms with van der Waals surface area (Å²) in [5.74, 6) is 1.69. The first-order valence-corrected chi connectivity index (χ1v) is 9.43. The van der Waals surface area contributed by atoms with Gasteiger partial charge in [0.2, 0.25) is 0 Å². The summed E-state index contributed by atoms with van der Waals surface area (Å²) in [6.45, 7) is 0.265. The Bertz CT molecular complexity index is 1100. The summed E-state index contributed by atoms with van der Waals surface area (Å²) in [6, 6.07) is 16.4. The molecule has 2 aromatic carbocycles. The van der Waals surface area contributed by atoms with Crippen molar-refractivity contribution in [2.45, 2.75) is 6.54 Å². The molecule has 0 unspecified atom stereocenters. The van der Waals surface area contributed by atoms with Crippen LogP contribution in [-0.4, -0.2) is 25.1 Å². The van der Waals surface area contributed by atoms with E-state index < -0.39 is 0 Å². The van der Waals surface area contributed by atoms with Gasteiger partial charge >= 0.3 is 0 Å². The average Bonchev–Trinajstić information content (AvgIpc) is 3.40. The number of furan rings is 1. The molecular weight excluding hydrogens is 376 g/mol. The van der Waals surface area contributed by atoms with Gasteiger partial charge in [-0.1, -0.05) is 23.5 Å². The van der Waals surface area contributed by atoms with Gasteiger partial charge in [0, 0.05) is 6.07 Å². The van der Waals surface area contributed by atoms with Crippen LogP contribution in [-0.2, 0) is 6.54 Å². The van der Waals surface area contributed by atoms with Gasteiger partial charge in [-0.3, -0.25) is 9.69 Å². The topological polar surface area (TPSA) is 64.8 Å². The molecule has 1 amide bonds. The molecule has 4 rings (SSSR count). The van der Waals surface area contributed by atoms with Gasteiger partial charge in [0.15, 0.2) is 5.13 Å². The number of amides is 1. The minimum Gasteiger partial charge on any atom is -0.497 e. The molecule has 0 bridgehead atoms. The molecule has 2 heterocycles. The molecule has 6 nitrogen and oxygen atoms in total. The van der Waals surface area contributed by atoms with Gasteiger partial charge in [0.05, 0.1) is 42.8 Å². The van der Waals surface area contributed by atoms with Crippen molar-refractivity contribution in [3.63, 3.8) is 0 Å². The second kappa shape index (κ2) is 7.74. The number of ether oxygens (including phenoxy) is 2. The summed E-state index contributed by atoms with van der Waals surface area (Å²) in [5.41, 5.74) is 1.24. The Balaban J connectivity index is 1.78. The maximum atomic E-state index is 13.4. The van der Waals surface area contributed by atoms with Gasteiger partial charge in [-0.05, 0) is 36.4 Å². The molecule has 0 N–H and O–H groups in total. The molecule has 0 saturated heterocycles. The fraction of sp³-hybridized carbons (Fsp3) is 0.143. The van der Waals surface area contributed by atoms with Crippen molar-refractivity contribution >= 4 is 32.6 Å². The van der Waals surface area contributed by atoms with Crippen molar-refractivity contribution in [2.24, 2.45) is 0 Å². The highest BCUT2D eigenvalue weighted by Gasteiger charge is 2.25. The molecule has 4 aromatic rings. The number of rotatable bonds is 6. The lowest BCUT2D eigenvalue weighted by atomic mass is 10.1. The quantitative estimate of drug-likeness (QED) is 0.472. The van der Waals surface area contributed by atoms with Crippen molar-refractivity contribution in [1.29, 1.82) is 0 Å². The second-order valence-electron chi connectivity index (χ2n) is 6.00. The number of nitrogens with zero attached hydrogens (tertiary/aromatic N) is 2. The van der Waals surface area contributed by atoms with Gasteiger partial charge in [0.25, 0.3) is 5.91 Å². The standard InChI is InChI=1S/C21H18N2O4S/c1-25-14-9-10-19-17(12-14)22-21(28-19)23(13-15-6-5-11-27-15)20(24)16-7-3-4-8-18(16)26-2/h3-12H,13H2,1-2H3. The van der Waals surface area contributed by atoms with Gasteiger partial charge in [-0.2, -0.15) is 0 Å². The number of aromatic nitrogens is 1. The predicted molar refractivity (Wildman–Crippen MR) is 108 cm³/mol. The van der Waals surface area contributed by atoms with Gasteiger partial charge < -0.3 is 13.9 Å². The van der Waals surface area contributed by atoms with Crippen LogP contribution in [0.1, 0.15) is 16.1 Å². The van der Waals surface area contributed by atoms with Crippen molar-refractivity contribution in [3.05, 3.63) is 72.2 Å². The lowest BCUT2D eigenvalue weighted by Crippen LogP contribution is -2.30. The normalized spacial score (nSPS) is 10.8. The van der Waals surface area contributed by atoms with E-state index in [1.54, 1.807) is 43.6 Å². The highest BCUT2D eigenvalue weighted by atomic mass is 32.1. The molecule has 0 aliphatic rings. The smallest absolute Gasteiger partial charge is 0.264 e. The fourth-order valence-corrected chi connectivity index (χ4v) is 3.83. The third-order valence-corrected chi connectivity index (χ3v) is 5.35. The summed E-state index contributed by atoms with van der Waals surface area (Å²) >= 11 is 1.44. The van der Waals surface area contributed by atoms with E-state index in [0.717, 1.165) is 16.0 Å². The van der Waals surface area contributed by atoms with Crippen LogP contribution >= 0.6 is 11.3 Å². The number of thiazole rings is 1. The number of anilines is 1. The third-order valence-electron chi connectivity index (χ3n) is 4.29. The lowest BCUT2D eigenvalue weighted by Gasteiger charge is -2.20. The van der Waals surface area contributed by atoms with Crippen molar-refractivity contribution in [3.8, 4) is 11.5 Å². The Hall–Kier alpha value is -3.32. The first kappa shape index (κ1) is 18.1. The zero-order chi connectivity index (χ0) is 19.5. The van der Waals surface area contributed by atoms with Crippen molar-refractivity contribution < 1.29 is 18.7 Å². The van der Waals surface area contributed by atoms with Crippen LogP contribution in [0, 0.1) is 0 Å². The van der Waals surface area contributed by atoms with E-state index >= 15 is 0 Å². The molecule has 0 atom stereocenters. The minimum absolute atomic E-state index is 0.208. The molecule has 28 heavy (non-hydrogen) atoms. The van der Waals surface area contributed by atoms with Crippen LogP contribution in [0.5, 0.6) is 11.5 Å². The Morgan fingerprint density at radius 2 is 1.96 bits per heavy atom. The zero-order valence-corrected chi connectivity index (χ0v) is 16.2. The molecule has 142 valence electrons. The van der Waals surface area contributed by atoms with Crippen LogP contribution in [0.2, 0.25) is 0 Å². The van der Waals surface area contributed by atoms with Crippen LogP contribution in [0.25, 0.3) is 10.2 Å². The van der Waals surface area contributed by atoms with Crippen LogP contribution < -0.4 is 14.4 Å². The number of hydrogen-bond donors (Lipinski definition) is 0.